The molecule has 1 aliphatic rings. The number of nitrogens with one attached hydrogen (secondary N) is 2. The van der Waals surface area contributed by atoms with Gasteiger partial charge in [0.05, 0.1) is 44.6 Å². The monoisotopic (exact) mass is 676 g/mol. The Hall–Kier alpha value is -4.32. The van der Waals surface area contributed by atoms with Crippen molar-refractivity contribution in [2.45, 2.75) is 64.8 Å². The van der Waals surface area contributed by atoms with Crippen LogP contribution in [0.4, 0.5) is 16.2 Å². The van der Waals surface area contributed by atoms with Crippen LogP contribution in [0.3, 0.4) is 0 Å². The normalized spacial score (nSPS) is 19.6. The Balaban J connectivity index is 1.56. The molecule has 266 valence electrons. The van der Waals surface area contributed by atoms with Gasteiger partial charge in [-0.3, -0.25) is 9.69 Å². The van der Waals surface area contributed by atoms with E-state index in [1.54, 1.807) is 61.6 Å². The Morgan fingerprint density at radius 3 is 2.27 bits per heavy atom. The molecule has 11 heteroatoms. The van der Waals surface area contributed by atoms with E-state index in [2.05, 4.69) is 41.6 Å². The first-order valence-corrected chi connectivity index (χ1v) is 17.0. The number of ether oxygens (including phenoxy) is 4. The Labute approximate surface area is 290 Å². The van der Waals surface area contributed by atoms with Gasteiger partial charge in [0.25, 0.3) is 5.91 Å². The van der Waals surface area contributed by atoms with Gasteiger partial charge in [0, 0.05) is 43.5 Å². The van der Waals surface area contributed by atoms with E-state index in [0.717, 1.165) is 37.1 Å². The quantitative estimate of drug-likeness (QED) is 0.230. The summed E-state index contributed by atoms with van der Waals surface area (Å²) in [5.41, 5.74) is 2.50. The van der Waals surface area contributed by atoms with Crippen molar-refractivity contribution >= 4 is 23.3 Å². The van der Waals surface area contributed by atoms with Crippen LogP contribution in [0, 0.1) is 5.92 Å². The minimum absolute atomic E-state index is 0.0564. The smallest absolute Gasteiger partial charge is 0.323 e. The summed E-state index contributed by atoms with van der Waals surface area (Å²) in [6.07, 6.45) is 2.27. The summed E-state index contributed by atoms with van der Waals surface area (Å²) in [6, 6.07) is 19.2. The topological polar surface area (TPSA) is 122 Å². The fraction of sp³-hybridized carbons (Fsp3) is 0.474. The molecule has 0 saturated heterocycles. The number of anilines is 2. The lowest BCUT2D eigenvalue weighted by Crippen LogP contribution is -2.47. The van der Waals surface area contributed by atoms with Crippen LogP contribution in [0.5, 0.6) is 17.2 Å². The van der Waals surface area contributed by atoms with Gasteiger partial charge in [-0.05, 0) is 100 Å². The van der Waals surface area contributed by atoms with E-state index in [-0.39, 0.29) is 30.6 Å². The summed E-state index contributed by atoms with van der Waals surface area (Å²) in [5.74, 6) is 1.58. The molecular weight excluding hydrogens is 624 g/mol. The molecule has 0 spiro atoms. The lowest BCUT2D eigenvalue weighted by atomic mass is 10.0. The summed E-state index contributed by atoms with van der Waals surface area (Å²) in [5, 5.41) is 15.9. The van der Waals surface area contributed by atoms with Gasteiger partial charge in [-0.15, -0.1) is 0 Å². The van der Waals surface area contributed by atoms with Crippen molar-refractivity contribution in [1.82, 2.24) is 9.80 Å². The fourth-order valence-corrected chi connectivity index (χ4v) is 5.85. The molecule has 49 heavy (non-hydrogen) atoms. The number of methoxy groups -OCH3 is 2. The van der Waals surface area contributed by atoms with Crippen LogP contribution in [0.25, 0.3) is 0 Å². The number of urea groups is 1. The number of likely N-dealkylation sites (N-methyl/N-ethyl adjacent to an activating group) is 1. The molecule has 3 amide bonds. The molecule has 3 aromatic rings. The molecule has 0 aromatic heterocycles. The molecule has 3 aromatic carbocycles. The number of benzene rings is 3. The maximum absolute atomic E-state index is 14.4. The highest BCUT2D eigenvalue weighted by Gasteiger charge is 2.30. The largest absolute Gasteiger partial charge is 0.497 e. The number of rotatable bonds is 10. The van der Waals surface area contributed by atoms with Crippen LogP contribution in [-0.2, 0) is 11.3 Å². The summed E-state index contributed by atoms with van der Waals surface area (Å²) in [6.45, 7) is 8.04. The lowest BCUT2D eigenvalue weighted by Gasteiger charge is -2.36. The highest BCUT2D eigenvalue weighted by Crippen LogP contribution is 2.29. The first-order chi connectivity index (χ1) is 23.6. The summed E-state index contributed by atoms with van der Waals surface area (Å²) >= 11 is 0. The second kappa shape index (κ2) is 18.4. The van der Waals surface area contributed by atoms with Crippen molar-refractivity contribution < 1.29 is 33.6 Å². The Bertz CT molecular complexity index is 1480. The van der Waals surface area contributed by atoms with Crippen LogP contribution in [0.1, 0.15) is 56.0 Å². The SMILES string of the molecule is COc1ccc(CN(C)C[C@@H]2OCCCC[C@H](C)Oc3ccc(NC(=O)Nc4ccc(OC)cc4)cc3C(=O)N([C@H](C)CO)C[C@H]2C)cc1. The lowest BCUT2D eigenvalue weighted by molar-refractivity contribution is -0.0177. The molecular formula is C38H52N4O7. The van der Waals surface area contributed by atoms with E-state index < -0.39 is 12.1 Å². The molecule has 0 unspecified atom stereocenters. The number of fused-ring (bicyclic) bond motifs is 1. The molecule has 0 bridgehead atoms. The molecule has 4 rings (SSSR count). The summed E-state index contributed by atoms with van der Waals surface area (Å²) < 4.78 is 23.3. The predicted molar refractivity (Wildman–Crippen MR) is 192 cm³/mol. The average molecular weight is 677 g/mol. The number of amides is 3. The zero-order chi connectivity index (χ0) is 35.3. The van der Waals surface area contributed by atoms with Crippen molar-refractivity contribution in [2.24, 2.45) is 5.92 Å². The first kappa shape index (κ1) is 37.5. The van der Waals surface area contributed by atoms with Crippen molar-refractivity contribution in [3.63, 3.8) is 0 Å². The third-order valence-electron chi connectivity index (χ3n) is 8.76. The van der Waals surface area contributed by atoms with Crippen LogP contribution in [0.15, 0.2) is 66.7 Å². The van der Waals surface area contributed by atoms with Gasteiger partial charge < -0.3 is 39.6 Å². The van der Waals surface area contributed by atoms with Crippen molar-refractivity contribution in [3.8, 4) is 17.2 Å². The van der Waals surface area contributed by atoms with Crippen LogP contribution < -0.4 is 24.8 Å². The van der Waals surface area contributed by atoms with Gasteiger partial charge in [-0.25, -0.2) is 4.79 Å². The van der Waals surface area contributed by atoms with E-state index >= 15 is 0 Å². The van der Waals surface area contributed by atoms with Crippen LogP contribution >= 0.6 is 0 Å². The molecule has 0 saturated carbocycles. The zero-order valence-electron chi connectivity index (χ0n) is 29.6. The first-order valence-electron chi connectivity index (χ1n) is 17.0. The summed E-state index contributed by atoms with van der Waals surface area (Å²) in [7, 11) is 5.31. The molecule has 0 aliphatic carbocycles. The standard InChI is InChI=1S/C38H52N4O7/c1-26-22-42(27(2)25-43)37(44)34-21-31(40-38(45)39-30-12-17-33(47-6)18-13-30)14-19-35(34)49-28(3)9-7-8-20-48-36(26)24-41(4)23-29-10-15-32(46-5)16-11-29/h10-19,21,26-28,36,43H,7-9,20,22-25H2,1-6H3,(H2,39,40,45)/t26-,27-,28+,36+/m1/s1. The maximum Gasteiger partial charge on any atom is 0.323 e. The zero-order valence-corrected chi connectivity index (χ0v) is 29.6. The predicted octanol–water partition coefficient (Wildman–Crippen LogP) is 6.28. The highest BCUT2D eigenvalue weighted by molar-refractivity contribution is 6.02. The number of nitrogens with zero attached hydrogens (tertiary/aromatic N) is 2. The number of carbonyl (C=O) groups is 2. The maximum atomic E-state index is 14.4. The second-order valence-electron chi connectivity index (χ2n) is 12.9. The molecule has 0 radical (unpaired) electrons. The highest BCUT2D eigenvalue weighted by atomic mass is 16.5. The van der Waals surface area contributed by atoms with E-state index in [0.29, 0.717) is 48.1 Å². The average Bonchev–Trinajstić information content (AvgIpc) is 3.10. The molecule has 3 N–H and O–H groups in total. The van der Waals surface area contributed by atoms with Crippen molar-refractivity contribution in [2.75, 3.05) is 58.2 Å². The Morgan fingerprint density at radius 2 is 1.61 bits per heavy atom. The minimum atomic E-state index is -0.471. The number of hydrogen-bond donors (Lipinski definition) is 3. The van der Waals surface area contributed by atoms with Gasteiger partial charge >= 0.3 is 6.03 Å². The van der Waals surface area contributed by atoms with Gasteiger partial charge in [0.2, 0.25) is 0 Å². The number of carbonyl (C=O) groups excluding carboxylic acids is 2. The van der Waals surface area contributed by atoms with E-state index in [1.807, 2.05) is 26.0 Å². The van der Waals surface area contributed by atoms with Gasteiger partial charge in [0.1, 0.15) is 17.2 Å². The minimum Gasteiger partial charge on any atom is -0.497 e. The fourth-order valence-electron chi connectivity index (χ4n) is 5.85. The van der Waals surface area contributed by atoms with Gasteiger partial charge in [-0.1, -0.05) is 19.1 Å². The van der Waals surface area contributed by atoms with Crippen LogP contribution in [0.2, 0.25) is 0 Å². The Morgan fingerprint density at radius 1 is 0.980 bits per heavy atom. The van der Waals surface area contributed by atoms with E-state index in [1.165, 1.54) is 0 Å². The molecule has 4 atom stereocenters. The molecule has 0 fully saturated rings. The molecule has 1 heterocycles. The van der Waals surface area contributed by atoms with Crippen molar-refractivity contribution in [3.05, 3.63) is 77.9 Å². The third kappa shape index (κ3) is 11.1. The van der Waals surface area contributed by atoms with Crippen LogP contribution in [-0.4, -0.2) is 92.7 Å². The Kier molecular flexibility index (Phi) is 14.1. The second-order valence-corrected chi connectivity index (χ2v) is 12.9. The molecule has 1 aliphatic heterocycles. The number of aliphatic hydroxyl groups excluding tert-OH is 1. The van der Waals surface area contributed by atoms with Crippen molar-refractivity contribution in [1.29, 1.82) is 0 Å². The third-order valence-corrected chi connectivity index (χ3v) is 8.76. The number of hydrogen-bond acceptors (Lipinski definition) is 8. The van der Waals surface area contributed by atoms with E-state index in [9.17, 15) is 14.7 Å². The van der Waals surface area contributed by atoms with Gasteiger partial charge in [-0.2, -0.15) is 0 Å². The van der Waals surface area contributed by atoms with Gasteiger partial charge in [0.15, 0.2) is 0 Å². The van der Waals surface area contributed by atoms with E-state index in [4.69, 9.17) is 18.9 Å². The number of aliphatic hydroxyl groups is 1. The molecule has 11 nitrogen and oxygen atoms in total. The summed E-state index contributed by atoms with van der Waals surface area (Å²) in [4.78, 5) is 31.2.